The number of nitrogens with one attached hydrogen (secondary N) is 1. The van der Waals surface area contributed by atoms with Crippen LogP contribution in [0.5, 0.6) is 11.5 Å². The Labute approximate surface area is 193 Å². The van der Waals surface area contributed by atoms with Crippen molar-refractivity contribution < 1.29 is 27.5 Å². The van der Waals surface area contributed by atoms with Gasteiger partial charge in [-0.2, -0.15) is 4.31 Å². The number of carbonyl (C=O) groups excluding carboxylic acids is 2. The number of anilines is 2. The molecule has 1 N–H and O–H groups in total. The first-order chi connectivity index (χ1) is 15.7. The average Bonchev–Trinajstić information content (AvgIpc) is 3.12. The van der Waals surface area contributed by atoms with Crippen LogP contribution < -0.4 is 19.7 Å². The van der Waals surface area contributed by atoms with E-state index in [2.05, 4.69) is 5.32 Å². The van der Waals surface area contributed by atoms with Crippen molar-refractivity contribution in [1.82, 2.24) is 4.31 Å². The van der Waals surface area contributed by atoms with E-state index in [9.17, 15) is 18.0 Å². The summed E-state index contributed by atoms with van der Waals surface area (Å²) in [7, 11) is -3.91. The molecule has 2 aromatic carbocycles. The van der Waals surface area contributed by atoms with E-state index in [0.29, 0.717) is 36.8 Å². The number of sulfonamides is 1. The van der Waals surface area contributed by atoms with Crippen LogP contribution in [-0.4, -0.2) is 56.9 Å². The van der Waals surface area contributed by atoms with Gasteiger partial charge in [-0.1, -0.05) is 6.92 Å². The zero-order valence-electron chi connectivity index (χ0n) is 18.8. The first kappa shape index (κ1) is 23.1. The van der Waals surface area contributed by atoms with E-state index in [1.807, 2.05) is 6.92 Å². The van der Waals surface area contributed by atoms with Gasteiger partial charge in [-0.25, -0.2) is 8.42 Å². The second-order valence-electron chi connectivity index (χ2n) is 8.07. The van der Waals surface area contributed by atoms with Gasteiger partial charge >= 0.3 is 0 Å². The molecule has 9 nitrogen and oxygen atoms in total. The minimum Gasteiger partial charge on any atom is -0.486 e. The average molecular weight is 474 g/mol. The molecule has 0 aromatic heterocycles. The normalized spacial score (nSPS) is 17.1. The highest BCUT2D eigenvalue weighted by atomic mass is 32.2. The van der Waals surface area contributed by atoms with E-state index in [1.54, 1.807) is 42.2 Å². The van der Waals surface area contributed by atoms with Crippen molar-refractivity contribution in [2.45, 2.75) is 38.1 Å². The maximum Gasteiger partial charge on any atom is 0.243 e. The van der Waals surface area contributed by atoms with Crippen LogP contribution in [0.15, 0.2) is 41.3 Å². The lowest BCUT2D eigenvalue weighted by molar-refractivity contribution is -0.117. The number of benzene rings is 2. The van der Waals surface area contributed by atoms with Gasteiger partial charge in [0.15, 0.2) is 11.5 Å². The third kappa shape index (κ3) is 4.53. The molecule has 2 aliphatic rings. The molecule has 4 rings (SSSR count). The standard InChI is InChI=1S/C23H27N3O6S/c1-4-25(14-23(28)24-18-5-8-21-22(13-18)32-10-9-31-21)33(29,30)19-6-7-20-17(12-19)11-15(2)26(20)16(3)27/h5-8,12-13,15H,4,9-11,14H2,1-3H3,(H,24,28). The third-order valence-corrected chi connectivity index (χ3v) is 7.66. The Kier molecular flexibility index (Phi) is 6.31. The predicted molar refractivity (Wildman–Crippen MR) is 123 cm³/mol. The van der Waals surface area contributed by atoms with Crippen LogP contribution in [0.25, 0.3) is 0 Å². The van der Waals surface area contributed by atoms with Gasteiger partial charge in [0, 0.05) is 37.0 Å². The highest BCUT2D eigenvalue weighted by Crippen LogP contribution is 2.35. The Morgan fingerprint density at radius 3 is 2.55 bits per heavy atom. The fraction of sp³-hybridized carbons (Fsp3) is 0.391. The van der Waals surface area contributed by atoms with Gasteiger partial charge in [0.2, 0.25) is 21.8 Å². The second kappa shape index (κ2) is 9.03. The molecule has 0 aliphatic carbocycles. The molecule has 2 aliphatic heterocycles. The predicted octanol–water partition coefficient (Wildman–Crippen LogP) is 2.40. The number of likely N-dealkylation sites (N-methyl/N-ethyl adjacent to an activating group) is 1. The number of ether oxygens (including phenoxy) is 2. The number of hydrogen-bond donors (Lipinski definition) is 1. The molecular weight excluding hydrogens is 446 g/mol. The summed E-state index contributed by atoms with van der Waals surface area (Å²) in [5.74, 6) is 0.592. The second-order valence-corrected chi connectivity index (χ2v) is 10.0. The molecule has 2 aromatic rings. The van der Waals surface area contributed by atoms with Crippen LogP contribution in [0.2, 0.25) is 0 Å². The van der Waals surface area contributed by atoms with E-state index in [1.165, 1.54) is 13.0 Å². The molecule has 0 saturated heterocycles. The number of fused-ring (bicyclic) bond motifs is 2. The van der Waals surface area contributed by atoms with E-state index >= 15 is 0 Å². The van der Waals surface area contributed by atoms with Gasteiger partial charge in [0.05, 0.1) is 11.4 Å². The molecule has 2 amide bonds. The lowest BCUT2D eigenvalue weighted by atomic mass is 10.1. The van der Waals surface area contributed by atoms with Crippen molar-refractivity contribution in [3.05, 3.63) is 42.0 Å². The number of hydrogen-bond acceptors (Lipinski definition) is 6. The smallest absolute Gasteiger partial charge is 0.243 e. The minimum absolute atomic E-state index is 0.0329. The number of amides is 2. The Morgan fingerprint density at radius 1 is 1.12 bits per heavy atom. The topological polar surface area (TPSA) is 105 Å². The van der Waals surface area contributed by atoms with Gasteiger partial charge in [0.1, 0.15) is 13.2 Å². The maximum absolute atomic E-state index is 13.3. The van der Waals surface area contributed by atoms with E-state index in [0.717, 1.165) is 15.6 Å². The van der Waals surface area contributed by atoms with Gasteiger partial charge < -0.3 is 19.7 Å². The van der Waals surface area contributed by atoms with E-state index in [4.69, 9.17) is 9.47 Å². The summed E-state index contributed by atoms with van der Waals surface area (Å²) in [6.45, 7) is 5.80. The molecule has 176 valence electrons. The van der Waals surface area contributed by atoms with E-state index < -0.39 is 15.9 Å². The molecule has 33 heavy (non-hydrogen) atoms. The van der Waals surface area contributed by atoms with Crippen LogP contribution in [-0.2, 0) is 26.0 Å². The molecule has 0 fully saturated rings. The molecule has 1 unspecified atom stereocenters. The van der Waals surface area contributed by atoms with Gasteiger partial charge in [-0.05, 0) is 49.2 Å². The van der Waals surface area contributed by atoms with Crippen molar-refractivity contribution in [2.75, 3.05) is 36.5 Å². The fourth-order valence-corrected chi connectivity index (χ4v) is 5.70. The molecule has 10 heteroatoms. The lowest BCUT2D eigenvalue weighted by Gasteiger charge is -2.22. The SMILES string of the molecule is CCN(CC(=O)Nc1ccc2c(c1)OCCO2)S(=O)(=O)c1ccc2c(c1)CC(C)N2C(C)=O. The molecule has 0 spiro atoms. The Bertz CT molecular complexity index is 1200. The molecule has 1 atom stereocenters. The molecule has 2 heterocycles. The van der Waals surface area contributed by atoms with Crippen LogP contribution in [0, 0.1) is 0 Å². The summed E-state index contributed by atoms with van der Waals surface area (Å²) in [6.07, 6.45) is 0.578. The Hall–Kier alpha value is -3.11. The summed E-state index contributed by atoms with van der Waals surface area (Å²) >= 11 is 0. The Morgan fingerprint density at radius 2 is 1.85 bits per heavy atom. The maximum atomic E-state index is 13.3. The monoisotopic (exact) mass is 473 g/mol. The molecule has 0 bridgehead atoms. The number of nitrogens with zero attached hydrogens (tertiary/aromatic N) is 2. The van der Waals surface area contributed by atoms with Crippen molar-refractivity contribution in [3.63, 3.8) is 0 Å². The van der Waals surface area contributed by atoms with Gasteiger partial charge in [0.25, 0.3) is 0 Å². The quantitative estimate of drug-likeness (QED) is 0.691. The van der Waals surface area contributed by atoms with Gasteiger partial charge in [-0.3, -0.25) is 9.59 Å². The Balaban J connectivity index is 1.50. The first-order valence-electron chi connectivity index (χ1n) is 10.8. The first-order valence-corrected chi connectivity index (χ1v) is 12.3. The number of rotatable bonds is 6. The largest absolute Gasteiger partial charge is 0.486 e. The van der Waals surface area contributed by atoms with Crippen molar-refractivity contribution in [3.8, 4) is 11.5 Å². The van der Waals surface area contributed by atoms with Crippen molar-refractivity contribution in [2.24, 2.45) is 0 Å². The highest BCUT2D eigenvalue weighted by Gasteiger charge is 2.32. The summed E-state index contributed by atoms with van der Waals surface area (Å²) in [5.41, 5.74) is 2.03. The van der Waals surface area contributed by atoms with Crippen LogP contribution in [0.1, 0.15) is 26.3 Å². The summed E-state index contributed by atoms with van der Waals surface area (Å²) in [4.78, 5) is 26.4. The van der Waals surface area contributed by atoms with Crippen LogP contribution in [0.4, 0.5) is 11.4 Å². The lowest BCUT2D eigenvalue weighted by Crippen LogP contribution is -2.37. The molecule has 0 saturated carbocycles. The van der Waals surface area contributed by atoms with Crippen molar-refractivity contribution in [1.29, 1.82) is 0 Å². The van der Waals surface area contributed by atoms with Gasteiger partial charge in [-0.15, -0.1) is 0 Å². The highest BCUT2D eigenvalue weighted by molar-refractivity contribution is 7.89. The zero-order chi connectivity index (χ0) is 23.8. The zero-order valence-corrected chi connectivity index (χ0v) is 19.6. The minimum atomic E-state index is -3.91. The fourth-order valence-electron chi connectivity index (χ4n) is 4.25. The summed E-state index contributed by atoms with van der Waals surface area (Å²) in [6, 6.07) is 9.76. The van der Waals surface area contributed by atoms with E-state index in [-0.39, 0.29) is 29.9 Å². The third-order valence-electron chi connectivity index (χ3n) is 5.74. The molecule has 0 radical (unpaired) electrons. The van der Waals surface area contributed by atoms with Crippen LogP contribution >= 0.6 is 0 Å². The summed E-state index contributed by atoms with van der Waals surface area (Å²) < 4.78 is 38.7. The van der Waals surface area contributed by atoms with Crippen LogP contribution in [0.3, 0.4) is 0 Å². The number of carbonyl (C=O) groups is 2. The van der Waals surface area contributed by atoms with Crippen molar-refractivity contribution >= 4 is 33.2 Å². The summed E-state index contributed by atoms with van der Waals surface area (Å²) in [5, 5.41) is 2.72. The molecular formula is C23H27N3O6S.